The van der Waals surface area contributed by atoms with Crippen molar-refractivity contribution in [2.24, 2.45) is 5.92 Å². The van der Waals surface area contributed by atoms with Crippen LogP contribution in [0, 0.1) is 17.2 Å². The van der Waals surface area contributed by atoms with Gasteiger partial charge in [-0.05, 0) is 43.7 Å². The molecule has 4 heterocycles. The number of aromatic nitrogens is 2. The van der Waals surface area contributed by atoms with Crippen LogP contribution in [0.1, 0.15) is 55.0 Å². The van der Waals surface area contributed by atoms with E-state index in [4.69, 9.17) is 39.5 Å². The minimum atomic E-state index is -0.320. The Hall–Kier alpha value is -1.66. The molecule has 3 fully saturated rings. The van der Waals surface area contributed by atoms with E-state index in [9.17, 15) is 5.26 Å². The van der Waals surface area contributed by atoms with Crippen LogP contribution in [0.2, 0.25) is 10.0 Å². The van der Waals surface area contributed by atoms with E-state index >= 15 is 0 Å². The maximum atomic E-state index is 9.70. The van der Waals surface area contributed by atoms with Crippen LogP contribution in [0.15, 0.2) is 24.7 Å². The monoisotopic (exact) mass is 506 g/mol. The van der Waals surface area contributed by atoms with Gasteiger partial charge in [-0.1, -0.05) is 23.2 Å². The highest BCUT2D eigenvalue weighted by Gasteiger charge is 2.45. The maximum Gasteiger partial charge on any atom is 0.146 e. The van der Waals surface area contributed by atoms with E-state index in [0.717, 1.165) is 49.3 Å². The van der Waals surface area contributed by atoms with Crippen LogP contribution >= 0.6 is 34.8 Å². The number of pyridine rings is 2. The fraction of sp³-hybridized carbons (Fsp3) is 0.522. The summed E-state index contributed by atoms with van der Waals surface area (Å²) in [5, 5.41) is 10.5. The number of rotatable bonds is 5. The number of nitriles is 1. The van der Waals surface area contributed by atoms with E-state index in [1.165, 1.54) is 0 Å². The van der Waals surface area contributed by atoms with Gasteiger partial charge in [-0.3, -0.25) is 10.4 Å². The van der Waals surface area contributed by atoms with Gasteiger partial charge in [0.1, 0.15) is 11.9 Å². The lowest BCUT2D eigenvalue weighted by Gasteiger charge is -2.38. The van der Waals surface area contributed by atoms with E-state index in [1.807, 2.05) is 19.2 Å². The van der Waals surface area contributed by atoms with Gasteiger partial charge >= 0.3 is 0 Å². The standard InChI is InChI=1S/C23H25Cl3N6O/c1-12(21-17(25)10-28-11-18(21)26)33-20-6-15-19(7-16(20)24)30-31-22(15)14-5-13(8-27)23(29-9-14)32-3-2-4-32/h5,9-12,15-16,19-20,22,30-31H,2-4,6-7H2,1H3/t12-,15?,16?,19?,20?,22?/m1/s1. The summed E-state index contributed by atoms with van der Waals surface area (Å²) in [5.41, 5.74) is 9.15. The SMILES string of the molecule is C[C@@H](OC1CC2C(CC1Cl)NNC2c1cnc(N2CCC2)c(C#N)c1)c1c(Cl)cncc1Cl. The molecule has 5 unspecified atom stereocenters. The van der Waals surface area contributed by atoms with Gasteiger partial charge in [-0.2, -0.15) is 5.26 Å². The fourth-order valence-corrected chi connectivity index (χ4v) is 6.13. The number of alkyl halides is 1. The third-order valence-corrected chi connectivity index (χ3v) is 8.02. The van der Waals surface area contributed by atoms with Crippen LogP contribution in [-0.2, 0) is 4.74 Å². The molecule has 10 heteroatoms. The Bertz CT molecular complexity index is 1050. The van der Waals surface area contributed by atoms with Gasteiger partial charge in [0.2, 0.25) is 0 Å². The molecule has 0 amide bonds. The summed E-state index contributed by atoms with van der Waals surface area (Å²) in [7, 11) is 0. The van der Waals surface area contributed by atoms with E-state index in [1.54, 1.807) is 12.4 Å². The third-order valence-electron chi connectivity index (χ3n) is 6.95. The zero-order chi connectivity index (χ0) is 23.1. The molecule has 6 atom stereocenters. The van der Waals surface area contributed by atoms with Crippen LogP contribution < -0.4 is 15.8 Å². The molecule has 2 aliphatic heterocycles. The largest absolute Gasteiger partial charge is 0.369 e. The topological polar surface area (TPSA) is 86.1 Å². The lowest BCUT2D eigenvalue weighted by Crippen LogP contribution is -2.44. The first-order valence-electron chi connectivity index (χ1n) is 11.2. The quantitative estimate of drug-likeness (QED) is 0.574. The molecular formula is C23H25Cl3N6O. The summed E-state index contributed by atoms with van der Waals surface area (Å²) < 4.78 is 6.40. The van der Waals surface area contributed by atoms with Gasteiger partial charge < -0.3 is 9.64 Å². The van der Waals surface area contributed by atoms with E-state index in [0.29, 0.717) is 15.6 Å². The number of ether oxygens (including phenoxy) is 1. The number of hydrogen-bond acceptors (Lipinski definition) is 7. The zero-order valence-corrected chi connectivity index (χ0v) is 20.4. The molecule has 0 aromatic carbocycles. The molecule has 2 saturated heterocycles. The average molecular weight is 508 g/mol. The molecule has 0 bridgehead atoms. The number of halogens is 3. The van der Waals surface area contributed by atoms with Crippen LogP contribution in [0.25, 0.3) is 0 Å². The Labute approximate surface area is 208 Å². The summed E-state index contributed by atoms with van der Waals surface area (Å²) in [6, 6.07) is 4.51. The first-order chi connectivity index (χ1) is 16.0. The molecule has 5 rings (SSSR count). The molecule has 2 aromatic rings. The van der Waals surface area contributed by atoms with Crippen molar-refractivity contribution in [3.05, 3.63) is 51.4 Å². The highest BCUT2D eigenvalue weighted by molar-refractivity contribution is 6.35. The van der Waals surface area contributed by atoms with Gasteiger partial charge in [0.05, 0.1) is 39.2 Å². The van der Waals surface area contributed by atoms with Crippen LogP contribution in [0.4, 0.5) is 5.82 Å². The predicted octanol–water partition coefficient (Wildman–Crippen LogP) is 4.55. The van der Waals surface area contributed by atoms with E-state index in [2.05, 4.69) is 31.8 Å². The molecular weight excluding hydrogens is 483 g/mol. The van der Waals surface area contributed by atoms with Crippen molar-refractivity contribution in [3.63, 3.8) is 0 Å². The van der Waals surface area contributed by atoms with Crippen molar-refractivity contribution in [1.82, 2.24) is 20.8 Å². The fourth-order valence-electron chi connectivity index (χ4n) is 5.10. The molecule has 0 radical (unpaired) electrons. The van der Waals surface area contributed by atoms with E-state index < -0.39 is 0 Å². The Morgan fingerprint density at radius 1 is 1.18 bits per heavy atom. The molecule has 1 aliphatic carbocycles. The van der Waals surface area contributed by atoms with Gasteiger partial charge in [-0.15, -0.1) is 11.6 Å². The smallest absolute Gasteiger partial charge is 0.146 e. The molecule has 33 heavy (non-hydrogen) atoms. The number of nitrogens with one attached hydrogen (secondary N) is 2. The Kier molecular flexibility index (Phi) is 6.67. The number of hydrogen-bond donors (Lipinski definition) is 2. The normalized spacial score (nSPS) is 29.8. The van der Waals surface area contributed by atoms with Crippen molar-refractivity contribution in [1.29, 1.82) is 5.26 Å². The van der Waals surface area contributed by atoms with Gasteiger partial charge in [-0.25, -0.2) is 10.4 Å². The van der Waals surface area contributed by atoms with Crippen LogP contribution in [0.5, 0.6) is 0 Å². The lowest BCUT2D eigenvalue weighted by atomic mass is 9.78. The zero-order valence-electron chi connectivity index (χ0n) is 18.1. The Morgan fingerprint density at radius 2 is 1.94 bits per heavy atom. The summed E-state index contributed by atoms with van der Waals surface area (Å²) in [5.74, 6) is 1.02. The van der Waals surface area contributed by atoms with Crippen LogP contribution in [-0.4, -0.2) is 40.6 Å². The molecule has 3 aliphatic rings. The minimum absolute atomic E-state index is 0.0127. The minimum Gasteiger partial charge on any atom is -0.369 e. The van der Waals surface area contributed by atoms with E-state index in [-0.39, 0.29) is 35.6 Å². The molecule has 174 valence electrons. The highest BCUT2D eigenvalue weighted by atomic mass is 35.5. The second kappa shape index (κ2) is 9.53. The first-order valence-corrected chi connectivity index (χ1v) is 12.4. The molecule has 2 N–H and O–H groups in total. The average Bonchev–Trinajstić information content (AvgIpc) is 3.15. The van der Waals surface area contributed by atoms with Gasteiger partial charge in [0.15, 0.2) is 0 Å². The summed E-state index contributed by atoms with van der Waals surface area (Å²) >= 11 is 19.4. The molecule has 2 aromatic heterocycles. The second-order valence-corrected chi connectivity index (χ2v) is 10.3. The van der Waals surface area contributed by atoms with Gasteiger partial charge in [0.25, 0.3) is 0 Å². The van der Waals surface area contributed by atoms with Crippen molar-refractivity contribution < 1.29 is 4.74 Å². The Balaban J connectivity index is 1.34. The van der Waals surface area contributed by atoms with Crippen molar-refractivity contribution >= 4 is 40.6 Å². The third kappa shape index (κ3) is 4.41. The van der Waals surface area contributed by atoms with Gasteiger partial charge in [0, 0.05) is 43.3 Å². The summed E-state index contributed by atoms with van der Waals surface area (Å²) in [4.78, 5) is 10.8. The second-order valence-electron chi connectivity index (χ2n) is 8.95. The highest BCUT2D eigenvalue weighted by Crippen LogP contribution is 2.43. The molecule has 1 saturated carbocycles. The van der Waals surface area contributed by atoms with Crippen molar-refractivity contribution in [2.75, 3.05) is 18.0 Å². The number of nitrogens with zero attached hydrogens (tertiary/aromatic N) is 4. The Morgan fingerprint density at radius 3 is 2.61 bits per heavy atom. The summed E-state index contributed by atoms with van der Waals surface area (Å²) in [6.07, 6.45) is 7.19. The van der Waals surface area contributed by atoms with Crippen molar-refractivity contribution in [2.45, 2.75) is 55.9 Å². The predicted molar refractivity (Wildman–Crippen MR) is 128 cm³/mol. The summed E-state index contributed by atoms with van der Waals surface area (Å²) in [6.45, 7) is 3.84. The van der Waals surface area contributed by atoms with Crippen molar-refractivity contribution in [3.8, 4) is 6.07 Å². The first kappa shape index (κ1) is 23.1. The number of fused-ring (bicyclic) bond motifs is 1. The number of hydrazine groups is 1. The number of anilines is 1. The maximum absolute atomic E-state index is 9.70. The van der Waals surface area contributed by atoms with Crippen LogP contribution in [0.3, 0.4) is 0 Å². The molecule has 7 nitrogen and oxygen atoms in total. The lowest BCUT2D eigenvalue weighted by molar-refractivity contribution is -0.0343. The molecule has 0 spiro atoms.